The molecule has 2 heterocycles. The molecule has 2 aliphatic rings. The Morgan fingerprint density at radius 2 is 1.80 bits per heavy atom. The van der Waals surface area contributed by atoms with Crippen LogP contribution in [0.5, 0.6) is 0 Å². The fraction of sp³-hybridized carbons (Fsp3) is 0.419. The highest BCUT2D eigenvalue weighted by atomic mass is 32.2. The summed E-state index contributed by atoms with van der Waals surface area (Å²) in [7, 11) is -4.61. The van der Waals surface area contributed by atoms with Crippen molar-refractivity contribution in [1.29, 1.82) is 5.26 Å². The number of nitrogens with two attached hydrogens (primary N) is 1. The molecule has 0 bridgehead atoms. The van der Waals surface area contributed by atoms with E-state index in [1.54, 1.807) is 37.3 Å². The highest BCUT2D eigenvalue weighted by Crippen LogP contribution is 2.37. The standard InChI is InChI=1S/C31H33F3N4O6S/c1-3-44-29(41)30(27(39)26(36)16-21-5-4-6-22(15-21)19-35)18-20(2)9-14-38(30)45(42,43)25-8-7-23-10-12-37(13-11-24(23)17-25)28(40)31(32,33)34/h4-9,15,17,26H,3,10-14,16,18,36H2,1-2H3/t26?,30-/m1/s1. The number of carbonyl (C=O) groups is 3. The van der Waals surface area contributed by atoms with Gasteiger partial charge in [-0.05, 0) is 74.1 Å². The van der Waals surface area contributed by atoms with E-state index >= 15 is 0 Å². The van der Waals surface area contributed by atoms with Crippen LogP contribution in [0.1, 0.15) is 42.5 Å². The Kier molecular flexibility index (Phi) is 9.86. The van der Waals surface area contributed by atoms with E-state index in [1.807, 2.05) is 6.07 Å². The van der Waals surface area contributed by atoms with Crippen LogP contribution in [0.15, 0.2) is 59.0 Å². The van der Waals surface area contributed by atoms with Gasteiger partial charge in [0.2, 0.25) is 10.0 Å². The Morgan fingerprint density at radius 1 is 1.11 bits per heavy atom. The van der Waals surface area contributed by atoms with E-state index in [1.165, 1.54) is 25.1 Å². The van der Waals surface area contributed by atoms with Crippen LogP contribution in [0, 0.1) is 11.3 Å². The minimum atomic E-state index is -5.03. The summed E-state index contributed by atoms with van der Waals surface area (Å²) in [5, 5.41) is 9.25. The molecule has 2 N–H and O–H groups in total. The maximum atomic E-state index is 14.3. The number of fused-ring (bicyclic) bond motifs is 1. The number of nitrogens with zero attached hydrogens (tertiary/aromatic N) is 3. The second-order valence-corrected chi connectivity index (χ2v) is 12.9. The second-order valence-electron chi connectivity index (χ2n) is 11.1. The number of sulfonamides is 1. The fourth-order valence-corrected chi connectivity index (χ4v) is 7.49. The van der Waals surface area contributed by atoms with Crippen LogP contribution in [-0.2, 0) is 48.4 Å². The number of halogens is 3. The lowest BCUT2D eigenvalue weighted by Gasteiger charge is -2.43. The van der Waals surface area contributed by atoms with Gasteiger partial charge in [-0.1, -0.05) is 29.8 Å². The molecule has 0 aliphatic carbocycles. The Labute approximate surface area is 259 Å². The number of ether oxygens (including phenoxy) is 1. The van der Waals surface area contributed by atoms with Gasteiger partial charge < -0.3 is 15.4 Å². The van der Waals surface area contributed by atoms with Crippen molar-refractivity contribution in [2.24, 2.45) is 5.73 Å². The third-order valence-corrected chi connectivity index (χ3v) is 9.92. The molecule has 0 radical (unpaired) electrons. The third kappa shape index (κ3) is 6.80. The first-order valence-electron chi connectivity index (χ1n) is 14.3. The van der Waals surface area contributed by atoms with E-state index in [0.29, 0.717) is 32.7 Å². The van der Waals surface area contributed by atoms with Gasteiger partial charge >= 0.3 is 18.1 Å². The first-order valence-corrected chi connectivity index (χ1v) is 15.7. The zero-order valence-corrected chi connectivity index (χ0v) is 25.6. The molecule has 1 unspecified atom stereocenters. The Bertz CT molecular complexity index is 1680. The molecular formula is C31H33F3N4O6S. The van der Waals surface area contributed by atoms with Crippen molar-refractivity contribution in [2.45, 2.75) is 62.2 Å². The Morgan fingerprint density at radius 3 is 2.44 bits per heavy atom. The number of amides is 1. The van der Waals surface area contributed by atoms with Crippen LogP contribution in [0.4, 0.5) is 13.2 Å². The maximum absolute atomic E-state index is 14.3. The number of hydrogen-bond acceptors (Lipinski definition) is 8. The molecule has 45 heavy (non-hydrogen) atoms. The predicted molar refractivity (Wildman–Crippen MR) is 156 cm³/mol. The van der Waals surface area contributed by atoms with Gasteiger partial charge in [-0.25, -0.2) is 13.2 Å². The summed E-state index contributed by atoms with van der Waals surface area (Å²) in [5.41, 5.74) is 6.47. The number of carbonyl (C=O) groups excluding carboxylic acids is 3. The van der Waals surface area contributed by atoms with Crippen LogP contribution in [0.25, 0.3) is 0 Å². The van der Waals surface area contributed by atoms with Crippen LogP contribution >= 0.6 is 0 Å². The highest BCUT2D eigenvalue weighted by Gasteiger charge is 2.58. The average molecular weight is 647 g/mol. The van der Waals surface area contributed by atoms with E-state index in [9.17, 15) is 41.2 Å². The van der Waals surface area contributed by atoms with Gasteiger partial charge in [0.15, 0.2) is 11.3 Å². The first-order chi connectivity index (χ1) is 21.1. The lowest BCUT2D eigenvalue weighted by molar-refractivity contribution is -0.185. The number of hydrogen-bond donors (Lipinski definition) is 1. The molecule has 1 amide bonds. The van der Waals surface area contributed by atoms with Crippen LogP contribution in [-0.4, -0.2) is 79.3 Å². The van der Waals surface area contributed by atoms with Crippen molar-refractivity contribution in [3.05, 3.63) is 76.4 Å². The number of rotatable bonds is 8. The fourth-order valence-electron chi connectivity index (χ4n) is 5.79. The molecule has 0 spiro atoms. The van der Waals surface area contributed by atoms with Crippen LogP contribution in [0.3, 0.4) is 0 Å². The number of Topliss-reactive ketones (excluding diaryl/α,β-unsaturated/α-hetero) is 1. The van der Waals surface area contributed by atoms with E-state index in [-0.39, 0.29) is 56.8 Å². The molecule has 0 saturated heterocycles. The molecule has 0 saturated carbocycles. The molecule has 0 aromatic heterocycles. The minimum Gasteiger partial charge on any atom is -0.464 e. The molecule has 240 valence electrons. The smallest absolute Gasteiger partial charge is 0.464 e. The Balaban J connectivity index is 1.73. The molecule has 2 aliphatic heterocycles. The van der Waals surface area contributed by atoms with E-state index in [0.717, 1.165) is 4.31 Å². The third-order valence-electron chi connectivity index (χ3n) is 8.03. The zero-order valence-electron chi connectivity index (χ0n) is 24.8. The topological polar surface area (TPSA) is 151 Å². The van der Waals surface area contributed by atoms with Gasteiger partial charge in [0.25, 0.3) is 0 Å². The number of ketones is 1. The summed E-state index contributed by atoms with van der Waals surface area (Å²) in [6.07, 6.45) is -3.81. The summed E-state index contributed by atoms with van der Waals surface area (Å²) in [5.74, 6) is -3.93. The van der Waals surface area contributed by atoms with E-state index in [2.05, 4.69) is 0 Å². The van der Waals surface area contributed by atoms with Gasteiger partial charge in [-0.3, -0.25) is 9.59 Å². The summed E-state index contributed by atoms with van der Waals surface area (Å²) in [6.45, 7) is 2.23. The minimum absolute atomic E-state index is 0.0336. The van der Waals surface area contributed by atoms with Crippen LogP contribution < -0.4 is 5.73 Å². The molecular weight excluding hydrogens is 613 g/mol. The van der Waals surface area contributed by atoms with Crippen molar-refractivity contribution in [3.63, 3.8) is 0 Å². The molecule has 0 fully saturated rings. The average Bonchev–Trinajstić information content (AvgIpc) is 3.22. The largest absolute Gasteiger partial charge is 0.471 e. The van der Waals surface area contributed by atoms with E-state index < -0.39 is 45.4 Å². The lowest BCUT2D eigenvalue weighted by atomic mass is 9.80. The number of esters is 1. The van der Waals surface area contributed by atoms with Gasteiger partial charge in [-0.15, -0.1) is 0 Å². The SMILES string of the molecule is CCOC(=O)[C@]1(C(=O)C(N)Cc2cccc(C#N)c2)CC(C)=CCN1S(=O)(=O)c1ccc2c(c1)CCN(C(=O)C(F)(F)F)CC2. The van der Waals surface area contributed by atoms with Crippen molar-refractivity contribution >= 4 is 27.7 Å². The van der Waals surface area contributed by atoms with Gasteiger partial charge in [0, 0.05) is 26.1 Å². The Hall–Kier alpha value is -4.06. The van der Waals surface area contributed by atoms with Crippen LogP contribution in [0.2, 0.25) is 0 Å². The molecule has 14 heteroatoms. The van der Waals surface area contributed by atoms with Crippen molar-refractivity contribution in [2.75, 3.05) is 26.2 Å². The second kappa shape index (κ2) is 13.1. The molecule has 4 rings (SSSR count). The van der Waals surface area contributed by atoms with Gasteiger partial charge in [0.1, 0.15) is 0 Å². The normalized spacial score (nSPS) is 19.8. The summed E-state index contributed by atoms with van der Waals surface area (Å²) >= 11 is 0. The van der Waals surface area contributed by atoms with Crippen molar-refractivity contribution < 1.29 is 40.7 Å². The summed E-state index contributed by atoms with van der Waals surface area (Å²) < 4.78 is 73.9. The zero-order chi connectivity index (χ0) is 33.2. The maximum Gasteiger partial charge on any atom is 0.471 e. The number of benzene rings is 2. The summed E-state index contributed by atoms with van der Waals surface area (Å²) in [4.78, 5) is 40.2. The summed E-state index contributed by atoms with van der Waals surface area (Å²) in [6, 6.07) is 11.1. The van der Waals surface area contributed by atoms with Gasteiger partial charge in [0.05, 0.1) is 29.2 Å². The molecule has 2 aromatic carbocycles. The number of alkyl halides is 3. The molecule has 2 aromatic rings. The molecule has 10 nitrogen and oxygen atoms in total. The lowest BCUT2D eigenvalue weighted by Crippen LogP contribution is -2.67. The van der Waals surface area contributed by atoms with E-state index in [4.69, 9.17) is 10.5 Å². The predicted octanol–water partition coefficient (Wildman–Crippen LogP) is 2.83. The first kappa shape index (κ1) is 33.8. The monoisotopic (exact) mass is 646 g/mol. The van der Waals surface area contributed by atoms with Gasteiger partial charge in [-0.2, -0.15) is 22.7 Å². The molecule has 2 atom stereocenters. The van der Waals surface area contributed by atoms with Crippen molar-refractivity contribution in [3.8, 4) is 6.07 Å². The van der Waals surface area contributed by atoms with Crippen molar-refractivity contribution in [1.82, 2.24) is 9.21 Å². The quantitative estimate of drug-likeness (QED) is 0.261. The number of nitriles is 1. The highest BCUT2D eigenvalue weighted by molar-refractivity contribution is 7.89.